The standard InChI is InChI=1S/C14H15NO2S/c1-8-5-9(2)7-12(6-8)13-14(17-11(4)16)15-10(3)18-13/h5-7H,1-4H3. The summed E-state index contributed by atoms with van der Waals surface area (Å²) < 4.78 is 5.16. The lowest BCUT2D eigenvalue weighted by Crippen LogP contribution is -2.02. The molecule has 1 aromatic carbocycles. The molecular weight excluding hydrogens is 246 g/mol. The van der Waals surface area contributed by atoms with E-state index in [2.05, 4.69) is 37.0 Å². The Balaban J connectivity index is 2.52. The number of hydrogen-bond acceptors (Lipinski definition) is 4. The molecule has 2 rings (SSSR count). The maximum absolute atomic E-state index is 11.1. The number of esters is 1. The second-order valence-corrected chi connectivity index (χ2v) is 5.54. The van der Waals surface area contributed by atoms with E-state index in [1.54, 1.807) is 0 Å². The highest BCUT2D eigenvalue weighted by atomic mass is 32.1. The second kappa shape index (κ2) is 4.90. The number of nitrogens with zero attached hydrogens (tertiary/aromatic N) is 1. The van der Waals surface area contributed by atoms with Gasteiger partial charge in [0.1, 0.15) is 0 Å². The molecule has 0 aliphatic rings. The van der Waals surface area contributed by atoms with Gasteiger partial charge in [-0.2, -0.15) is 0 Å². The largest absolute Gasteiger partial charge is 0.406 e. The number of aryl methyl sites for hydroxylation is 3. The van der Waals surface area contributed by atoms with Crippen LogP contribution in [-0.4, -0.2) is 11.0 Å². The summed E-state index contributed by atoms with van der Waals surface area (Å²) in [5.41, 5.74) is 3.42. The molecule has 0 radical (unpaired) electrons. The number of carbonyl (C=O) groups excluding carboxylic acids is 1. The first-order chi connectivity index (χ1) is 8.45. The summed E-state index contributed by atoms with van der Waals surface area (Å²) >= 11 is 1.54. The van der Waals surface area contributed by atoms with E-state index in [1.807, 2.05) is 6.92 Å². The number of rotatable bonds is 2. The average Bonchev–Trinajstić information content (AvgIpc) is 2.56. The van der Waals surface area contributed by atoms with Gasteiger partial charge >= 0.3 is 5.97 Å². The molecular formula is C14H15NO2S. The smallest absolute Gasteiger partial charge is 0.309 e. The Morgan fingerprint density at radius 2 is 1.78 bits per heavy atom. The van der Waals surface area contributed by atoms with E-state index in [-0.39, 0.29) is 5.97 Å². The number of benzene rings is 1. The van der Waals surface area contributed by atoms with Crippen LogP contribution >= 0.6 is 11.3 Å². The SMILES string of the molecule is CC(=O)Oc1nc(C)sc1-c1cc(C)cc(C)c1. The van der Waals surface area contributed by atoms with Crippen LogP contribution in [0.1, 0.15) is 23.1 Å². The van der Waals surface area contributed by atoms with Crippen molar-refractivity contribution in [1.29, 1.82) is 0 Å². The Morgan fingerprint density at radius 3 is 2.33 bits per heavy atom. The van der Waals surface area contributed by atoms with Crippen LogP contribution in [0.15, 0.2) is 18.2 Å². The Bertz CT molecular complexity index is 582. The van der Waals surface area contributed by atoms with Crippen molar-refractivity contribution in [2.45, 2.75) is 27.7 Å². The van der Waals surface area contributed by atoms with Gasteiger partial charge in [-0.3, -0.25) is 4.79 Å². The van der Waals surface area contributed by atoms with E-state index in [4.69, 9.17) is 4.74 Å². The molecule has 0 spiro atoms. The Morgan fingerprint density at radius 1 is 1.17 bits per heavy atom. The molecule has 0 bridgehead atoms. The molecule has 18 heavy (non-hydrogen) atoms. The van der Waals surface area contributed by atoms with Gasteiger partial charge in [0.25, 0.3) is 0 Å². The van der Waals surface area contributed by atoms with Crippen LogP contribution in [0.4, 0.5) is 0 Å². The zero-order chi connectivity index (χ0) is 13.3. The zero-order valence-corrected chi connectivity index (χ0v) is 11.7. The normalized spacial score (nSPS) is 10.4. The molecule has 1 aromatic heterocycles. The van der Waals surface area contributed by atoms with Gasteiger partial charge in [0.15, 0.2) is 0 Å². The number of thiazole rings is 1. The van der Waals surface area contributed by atoms with Gasteiger partial charge in [-0.15, -0.1) is 11.3 Å². The maximum Gasteiger partial charge on any atom is 0.309 e. The lowest BCUT2D eigenvalue weighted by atomic mass is 10.1. The molecule has 0 fully saturated rings. The number of carbonyl (C=O) groups is 1. The summed E-state index contributed by atoms with van der Waals surface area (Å²) in [5.74, 6) is 0.0703. The van der Waals surface area contributed by atoms with Gasteiger partial charge in [0.2, 0.25) is 5.88 Å². The third kappa shape index (κ3) is 2.76. The minimum absolute atomic E-state index is 0.342. The maximum atomic E-state index is 11.1. The molecule has 94 valence electrons. The summed E-state index contributed by atoms with van der Waals surface area (Å²) in [6.07, 6.45) is 0. The lowest BCUT2D eigenvalue weighted by Gasteiger charge is -2.04. The van der Waals surface area contributed by atoms with Crippen molar-refractivity contribution < 1.29 is 9.53 Å². The van der Waals surface area contributed by atoms with Crippen LogP contribution in [0.3, 0.4) is 0 Å². The van der Waals surface area contributed by atoms with E-state index >= 15 is 0 Å². The molecule has 0 aliphatic heterocycles. The van der Waals surface area contributed by atoms with Crippen LogP contribution < -0.4 is 4.74 Å². The third-order valence-electron chi connectivity index (χ3n) is 2.43. The van der Waals surface area contributed by atoms with E-state index in [0.29, 0.717) is 5.88 Å². The highest BCUT2D eigenvalue weighted by Gasteiger charge is 2.14. The molecule has 3 nitrogen and oxygen atoms in total. The van der Waals surface area contributed by atoms with Crippen molar-refractivity contribution in [1.82, 2.24) is 4.98 Å². The van der Waals surface area contributed by atoms with E-state index < -0.39 is 0 Å². The summed E-state index contributed by atoms with van der Waals surface area (Å²) in [5, 5.41) is 0.889. The molecule has 0 amide bonds. The fraction of sp³-hybridized carbons (Fsp3) is 0.286. The van der Waals surface area contributed by atoms with Crippen molar-refractivity contribution in [2.24, 2.45) is 0 Å². The highest BCUT2D eigenvalue weighted by Crippen LogP contribution is 2.36. The summed E-state index contributed by atoms with van der Waals surface area (Å²) in [6, 6.07) is 6.27. The second-order valence-electron chi connectivity index (χ2n) is 4.34. The van der Waals surface area contributed by atoms with Gasteiger partial charge in [0, 0.05) is 6.92 Å². The van der Waals surface area contributed by atoms with Gasteiger partial charge in [0.05, 0.1) is 9.88 Å². The summed E-state index contributed by atoms with van der Waals surface area (Å²) in [4.78, 5) is 16.3. The van der Waals surface area contributed by atoms with Crippen LogP contribution in [0.5, 0.6) is 5.88 Å². The summed E-state index contributed by atoms with van der Waals surface area (Å²) in [7, 11) is 0. The first kappa shape index (κ1) is 12.8. The molecule has 0 saturated carbocycles. The predicted molar refractivity (Wildman–Crippen MR) is 73.1 cm³/mol. The van der Waals surface area contributed by atoms with Crippen molar-refractivity contribution in [3.63, 3.8) is 0 Å². The van der Waals surface area contributed by atoms with Gasteiger partial charge in [-0.25, -0.2) is 4.98 Å². The zero-order valence-electron chi connectivity index (χ0n) is 10.9. The number of hydrogen-bond donors (Lipinski definition) is 0. The molecule has 0 aliphatic carbocycles. The number of aromatic nitrogens is 1. The summed E-state index contributed by atoms with van der Waals surface area (Å²) in [6.45, 7) is 7.40. The van der Waals surface area contributed by atoms with E-state index in [1.165, 1.54) is 29.4 Å². The lowest BCUT2D eigenvalue weighted by molar-refractivity contribution is -0.132. The minimum Gasteiger partial charge on any atom is -0.406 e. The fourth-order valence-corrected chi connectivity index (χ4v) is 2.74. The number of ether oxygens (including phenoxy) is 1. The van der Waals surface area contributed by atoms with Crippen LogP contribution in [0.25, 0.3) is 10.4 Å². The van der Waals surface area contributed by atoms with Crippen LogP contribution in [0, 0.1) is 20.8 Å². The molecule has 0 saturated heterocycles. The highest BCUT2D eigenvalue weighted by molar-refractivity contribution is 7.15. The van der Waals surface area contributed by atoms with E-state index in [9.17, 15) is 4.79 Å². The molecule has 0 atom stereocenters. The van der Waals surface area contributed by atoms with Crippen LogP contribution in [-0.2, 0) is 4.79 Å². The van der Waals surface area contributed by atoms with Gasteiger partial charge in [-0.1, -0.05) is 29.3 Å². The van der Waals surface area contributed by atoms with Crippen LogP contribution in [0.2, 0.25) is 0 Å². The van der Waals surface area contributed by atoms with Gasteiger partial charge in [-0.05, 0) is 26.3 Å². The van der Waals surface area contributed by atoms with Crippen molar-refractivity contribution in [3.05, 3.63) is 34.3 Å². The van der Waals surface area contributed by atoms with Gasteiger partial charge < -0.3 is 4.74 Å². The fourth-order valence-electron chi connectivity index (χ4n) is 1.90. The predicted octanol–water partition coefficient (Wildman–Crippen LogP) is 3.66. The Labute approximate surface area is 110 Å². The van der Waals surface area contributed by atoms with Crippen molar-refractivity contribution >= 4 is 17.3 Å². The first-order valence-electron chi connectivity index (χ1n) is 5.70. The molecule has 1 heterocycles. The molecule has 0 N–H and O–H groups in total. The Hall–Kier alpha value is -1.68. The first-order valence-corrected chi connectivity index (χ1v) is 6.52. The third-order valence-corrected chi connectivity index (χ3v) is 3.43. The molecule has 2 aromatic rings. The molecule has 0 unspecified atom stereocenters. The van der Waals surface area contributed by atoms with E-state index in [0.717, 1.165) is 15.4 Å². The quantitative estimate of drug-likeness (QED) is 0.774. The average molecular weight is 261 g/mol. The monoisotopic (exact) mass is 261 g/mol. The van der Waals surface area contributed by atoms with Crippen molar-refractivity contribution in [2.75, 3.05) is 0 Å². The minimum atomic E-state index is -0.342. The Kier molecular flexibility index (Phi) is 3.48. The van der Waals surface area contributed by atoms with Crippen molar-refractivity contribution in [3.8, 4) is 16.3 Å². The molecule has 4 heteroatoms. The topological polar surface area (TPSA) is 39.2 Å².